The van der Waals surface area contributed by atoms with Crippen molar-refractivity contribution in [3.63, 3.8) is 0 Å². The minimum atomic E-state index is -0.229. The molecule has 0 radical (unpaired) electrons. The topological polar surface area (TPSA) is 97.5 Å². The van der Waals surface area contributed by atoms with Gasteiger partial charge in [-0.1, -0.05) is 11.6 Å². The summed E-state index contributed by atoms with van der Waals surface area (Å²) in [4.78, 5) is 23.6. The average molecular weight is 352 g/mol. The summed E-state index contributed by atoms with van der Waals surface area (Å²) in [5.74, 6) is 1.39. The normalized spacial score (nSPS) is 18.8. The van der Waals surface area contributed by atoms with Crippen LogP contribution in [-0.2, 0) is 0 Å². The summed E-state index contributed by atoms with van der Waals surface area (Å²) in [6.07, 6.45) is 12.9. The van der Waals surface area contributed by atoms with Gasteiger partial charge >= 0.3 is 0 Å². The maximum absolute atomic E-state index is 12.7. The van der Waals surface area contributed by atoms with E-state index in [1.165, 1.54) is 54.0 Å². The molecule has 0 bridgehead atoms. The molecule has 5 rings (SSSR count). The summed E-state index contributed by atoms with van der Waals surface area (Å²) in [6.45, 7) is 2.03. The van der Waals surface area contributed by atoms with Crippen molar-refractivity contribution in [3.05, 3.63) is 41.3 Å². The fourth-order valence-corrected chi connectivity index (χ4v) is 4.05. The van der Waals surface area contributed by atoms with Crippen LogP contribution in [0.3, 0.4) is 0 Å². The highest BCUT2D eigenvalue weighted by Crippen LogP contribution is 2.49. The van der Waals surface area contributed by atoms with Crippen LogP contribution in [0.2, 0.25) is 0 Å². The Bertz CT molecular complexity index is 959. The summed E-state index contributed by atoms with van der Waals surface area (Å²) in [7, 11) is 0. The number of hydrogen-bond acceptors (Lipinski definition) is 6. The van der Waals surface area contributed by atoms with Gasteiger partial charge in [0.05, 0.1) is 18.6 Å². The van der Waals surface area contributed by atoms with Gasteiger partial charge in [-0.05, 0) is 31.1 Å². The van der Waals surface area contributed by atoms with E-state index in [1.54, 1.807) is 12.4 Å². The molecule has 1 saturated carbocycles. The van der Waals surface area contributed by atoms with Crippen molar-refractivity contribution in [1.29, 1.82) is 0 Å². The molecule has 0 amide bonds. The zero-order valence-electron chi connectivity index (χ0n) is 14.4. The van der Waals surface area contributed by atoms with Crippen LogP contribution in [0.15, 0.2) is 35.8 Å². The number of aromatic amines is 1. The van der Waals surface area contributed by atoms with Gasteiger partial charge in [0.1, 0.15) is 12.1 Å². The van der Waals surface area contributed by atoms with Crippen LogP contribution in [0, 0.1) is 5.41 Å². The highest BCUT2D eigenvalue weighted by atomic mass is 16.1. The van der Waals surface area contributed by atoms with Gasteiger partial charge in [0.15, 0.2) is 11.5 Å². The van der Waals surface area contributed by atoms with Gasteiger partial charge in [-0.25, -0.2) is 14.6 Å². The van der Waals surface area contributed by atoms with Crippen molar-refractivity contribution >= 4 is 5.82 Å². The largest absolute Gasteiger partial charge is 0.356 e. The Balaban J connectivity index is 1.41. The third-order valence-electron chi connectivity index (χ3n) is 5.85. The molecular formula is C17H20N8O. The van der Waals surface area contributed by atoms with E-state index in [9.17, 15) is 4.79 Å². The van der Waals surface area contributed by atoms with Gasteiger partial charge in [-0.2, -0.15) is 4.68 Å². The van der Waals surface area contributed by atoms with Gasteiger partial charge in [0, 0.05) is 19.2 Å². The molecule has 3 aromatic rings. The van der Waals surface area contributed by atoms with Gasteiger partial charge in [-0.3, -0.25) is 9.89 Å². The van der Waals surface area contributed by atoms with Crippen LogP contribution in [0.4, 0.5) is 5.82 Å². The Labute approximate surface area is 149 Å². The molecule has 3 aromatic heterocycles. The van der Waals surface area contributed by atoms with E-state index in [0.29, 0.717) is 16.9 Å². The fraction of sp³-hybridized carbons (Fsp3) is 0.471. The lowest BCUT2D eigenvalue weighted by molar-refractivity contribution is 0.0953. The number of aromatic nitrogens is 7. The van der Waals surface area contributed by atoms with E-state index >= 15 is 0 Å². The van der Waals surface area contributed by atoms with Crippen molar-refractivity contribution in [2.75, 3.05) is 18.0 Å². The van der Waals surface area contributed by atoms with Crippen LogP contribution < -0.4 is 10.5 Å². The van der Waals surface area contributed by atoms with E-state index in [0.717, 1.165) is 18.9 Å². The molecule has 1 aliphatic carbocycles. The molecule has 1 N–H and O–H groups in total. The predicted molar refractivity (Wildman–Crippen MR) is 94.6 cm³/mol. The van der Waals surface area contributed by atoms with Crippen molar-refractivity contribution in [2.45, 2.75) is 32.1 Å². The molecule has 1 spiro atoms. The van der Waals surface area contributed by atoms with Crippen molar-refractivity contribution in [1.82, 2.24) is 34.7 Å². The van der Waals surface area contributed by atoms with Crippen LogP contribution in [0.25, 0.3) is 11.5 Å². The molecule has 26 heavy (non-hydrogen) atoms. The number of rotatable bonds is 3. The zero-order chi connectivity index (χ0) is 17.6. The molecule has 4 heterocycles. The molecule has 0 unspecified atom stereocenters. The van der Waals surface area contributed by atoms with E-state index in [4.69, 9.17) is 0 Å². The molecule has 9 nitrogen and oxygen atoms in total. The Morgan fingerprint density at radius 1 is 1.08 bits per heavy atom. The maximum atomic E-state index is 12.7. The SMILES string of the molecule is O=c1c(-n2ccnn2)c[nH]n1-c1cc(N2CCC3(CCC3)CC2)ncn1. The van der Waals surface area contributed by atoms with Crippen LogP contribution in [-0.4, -0.2) is 47.8 Å². The molecular weight excluding hydrogens is 332 g/mol. The van der Waals surface area contributed by atoms with E-state index in [-0.39, 0.29) is 5.56 Å². The third-order valence-corrected chi connectivity index (χ3v) is 5.85. The Morgan fingerprint density at radius 2 is 1.88 bits per heavy atom. The van der Waals surface area contributed by atoms with Crippen molar-refractivity contribution < 1.29 is 0 Å². The zero-order valence-corrected chi connectivity index (χ0v) is 14.4. The molecule has 0 aromatic carbocycles. The molecule has 9 heteroatoms. The van der Waals surface area contributed by atoms with Crippen LogP contribution >= 0.6 is 0 Å². The second-order valence-corrected chi connectivity index (χ2v) is 7.22. The highest BCUT2D eigenvalue weighted by molar-refractivity contribution is 5.44. The number of anilines is 1. The molecule has 1 aliphatic heterocycles. The number of H-pyrrole nitrogens is 1. The first-order valence-electron chi connectivity index (χ1n) is 8.99. The lowest BCUT2D eigenvalue weighted by Crippen LogP contribution is -2.43. The van der Waals surface area contributed by atoms with E-state index < -0.39 is 0 Å². The molecule has 2 fully saturated rings. The Kier molecular flexibility index (Phi) is 3.41. The summed E-state index contributed by atoms with van der Waals surface area (Å²) in [6, 6.07) is 1.86. The maximum Gasteiger partial charge on any atom is 0.298 e. The van der Waals surface area contributed by atoms with Gasteiger partial charge in [0.25, 0.3) is 5.56 Å². The fourth-order valence-electron chi connectivity index (χ4n) is 4.05. The van der Waals surface area contributed by atoms with Crippen LogP contribution in [0.1, 0.15) is 32.1 Å². The first kappa shape index (κ1) is 15.3. The quantitative estimate of drug-likeness (QED) is 0.763. The van der Waals surface area contributed by atoms with Gasteiger partial charge in [0.2, 0.25) is 0 Å². The summed E-state index contributed by atoms with van der Waals surface area (Å²) in [5.41, 5.74) is 0.759. The minimum Gasteiger partial charge on any atom is -0.356 e. The summed E-state index contributed by atoms with van der Waals surface area (Å²) >= 11 is 0. The monoisotopic (exact) mass is 352 g/mol. The van der Waals surface area contributed by atoms with Crippen molar-refractivity contribution in [3.8, 4) is 11.5 Å². The second-order valence-electron chi connectivity index (χ2n) is 7.22. The predicted octanol–water partition coefficient (Wildman–Crippen LogP) is 1.31. The molecule has 134 valence electrons. The molecule has 2 aliphatic rings. The summed E-state index contributed by atoms with van der Waals surface area (Å²) in [5, 5.41) is 10.6. The third kappa shape index (κ3) is 2.42. The second kappa shape index (κ2) is 5.79. The van der Waals surface area contributed by atoms with Gasteiger partial charge < -0.3 is 4.90 Å². The number of piperidine rings is 1. The van der Waals surface area contributed by atoms with E-state index in [1.807, 2.05) is 6.07 Å². The smallest absolute Gasteiger partial charge is 0.298 e. The van der Waals surface area contributed by atoms with Crippen LogP contribution in [0.5, 0.6) is 0 Å². The Morgan fingerprint density at radius 3 is 2.58 bits per heavy atom. The lowest BCUT2D eigenvalue weighted by atomic mass is 9.63. The molecule has 0 atom stereocenters. The number of nitrogens with one attached hydrogen (secondary N) is 1. The first-order chi connectivity index (χ1) is 12.7. The minimum absolute atomic E-state index is 0.229. The average Bonchev–Trinajstić information content (AvgIpc) is 3.30. The lowest BCUT2D eigenvalue weighted by Gasteiger charge is -2.48. The number of nitrogens with zero attached hydrogens (tertiary/aromatic N) is 7. The molecule has 1 saturated heterocycles. The Hall–Kier alpha value is -2.97. The van der Waals surface area contributed by atoms with Crippen molar-refractivity contribution in [2.24, 2.45) is 5.41 Å². The number of hydrogen-bond donors (Lipinski definition) is 1. The highest BCUT2D eigenvalue weighted by Gasteiger charge is 2.39. The van der Waals surface area contributed by atoms with Gasteiger partial charge in [-0.15, -0.1) is 5.10 Å². The standard InChI is InChI=1S/C17H20N8O/c26-16-13(24-9-6-20-22-24)11-21-25(16)15-10-14(18-12-19-15)23-7-4-17(5-8-23)2-1-3-17/h6,9-12,21H,1-5,7-8H2. The summed E-state index contributed by atoms with van der Waals surface area (Å²) < 4.78 is 2.83. The van der Waals surface area contributed by atoms with E-state index in [2.05, 4.69) is 30.3 Å². The first-order valence-corrected chi connectivity index (χ1v) is 8.99.